The van der Waals surface area contributed by atoms with E-state index in [0.29, 0.717) is 16.8 Å². The van der Waals surface area contributed by atoms with Gasteiger partial charge in [-0.05, 0) is 95.4 Å². The lowest BCUT2D eigenvalue weighted by atomic mass is 10.0. The summed E-state index contributed by atoms with van der Waals surface area (Å²) in [5, 5.41) is 9.08. The van der Waals surface area contributed by atoms with Crippen molar-refractivity contribution in [2.75, 3.05) is 11.5 Å². The van der Waals surface area contributed by atoms with Crippen molar-refractivity contribution >= 4 is 41.0 Å². The number of hydrogen-bond acceptors (Lipinski definition) is 8. The van der Waals surface area contributed by atoms with Crippen molar-refractivity contribution in [1.82, 2.24) is 4.98 Å². The summed E-state index contributed by atoms with van der Waals surface area (Å²) in [6, 6.07) is 30.4. The van der Waals surface area contributed by atoms with Crippen LogP contribution in [0.25, 0.3) is 22.4 Å². The number of pyridine rings is 1. The molecule has 1 saturated heterocycles. The number of ketones is 1. The Labute approximate surface area is 278 Å². The molecule has 0 N–H and O–H groups in total. The Morgan fingerprint density at radius 1 is 0.896 bits per heavy atom. The van der Waals surface area contributed by atoms with Crippen molar-refractivity contribution < 1.29 is 28.3 Å². The van der Waals surface area contributed by atoms with Crippen molar-refractivity contribution in [2.24, 2.45) is 0 Å². The standard InChI is InChI=1S/C38H24FN3O5S/c39-28-11-5-22(6-12-28)32-16-10-26(20-40)36(41-32)48-34-19-35(44)42(37(34)45)29-13-7-23(8-14-29)38(46)47-21-33(43)25-9-15-31-27(18-25)17-24-3-1-2-4-30(24)31/h1-16,18,34H,17,19,21H2. The normalized spacial score (nSPS) is 14.8. The van der Waals surface area contributed by atoms with Crippen LogP contribution >= 0.6 is 11.8 Å². The molecule has 4 aromatic carbocycles. The molecule has 1 aliphatic heterocycles. The largest absolute Gasteiger partial charge is 0.454 e. The summed E-state index contributed by atoms with van der Waals surface area (Å²) in [5.74, 6) is -2.36. The summed E-state index contributed by atoms with van der Waals surface area (Å²) in [6.45, 7) is -0.435. The fraction of sp³-hybridized carbons (Fsp3) is 0.105. The number of Topliss-reactive ketones (excluding diaryl/α,β-unsaturated/α-hetero) is 1. The summed E-state index contributed by atoms with van der Waals surface area (Å²) in [4.78, 5) is 57.5. The molecule has 0 bridgehead atoms. The number of nitrogens with zero attached hydrogens (tertiary/aromatic N) is 3. The van der Waals surface area contributed by atoms with Crippen molar-refractivity contribution in [3.63, 3.8) is 0 Å². The van der Waals surface area contributed by atoms with Gasteiger partial charge in [-0.15, -0.1) is 0 Å². The Hall–Kier alpha value is -5.92. The quantitative estimate of drug-likeness (QED) is 0.100. The Kier molecular flexibility index (Phi) is 8.13. The van der Waals surface area contributed by atoms with E-state index in [2.05, 4.69) is 23.2 Å². The zero-order valence-electron chi connectivity index (χ0n) is 25.2. The van der Waals surface area contributed by atoms with E-state index in [9.17, 15) is 28.8 Å². The molecule has 1 atom stereocenters. The van der Waals surface area contributed by atoms with Crippen LogP contribution in [-0.2, 0) is 20.7 Å². The van der Waals surface area contributed by atoms with Crippen molar-refractivity contribution in [3.05, 3.63) is 137 Å². The van der Waals surface area contributed by atoms with Crippen molar-refractivity contribution in [3.8, 4) is 28.5 Å². The first kappa shape index (κ1) is 30.7. The van der Waals surface area contributed by atoms with E-state index >= 15 is 0 Å². The zero-order valence-corrected chi connectivity index (χ0v) is 26.0. The van der Waals surface area contributed by atoms with Crippen LogP contribution in [-0.4, -0.2) is 40.4 Å². The highest BCUT2D eigenvalue weighted by Crippen LogP contribution is 2.37. The fourth-order valence-electron chi connectivity index (χ4n) is 5.86. The highest BCUT2D eigenvalue weighted by atomic mass is 32.2. The third kappa shape index (κ3) is 5.87. The minimum absolute atomic E-state index is 0.114. The molecule has 2 aliphatic rings. The Balaban J connectivity index is 0.990. The van der Waals surface area contributed by atoms with E-state index in [0.717, 1.165) is 39.8 Å². The van der Waals surface area contributed by atoms with Gasteiger partial charge in [-0.3, -0.25) is 14.4 Å². The summed E-state index contributed by atoms with van der Waals surface area (Å²) >= 11 is 1.02. The van der Waals surface area contributed by atoms with E-state index < -0.39 is 35.5 Å². The summed E-state index contributed by atoms with van der Waals surface area (Å²) in [6.07, 6.45) is 0.625. The van der Waals surface area contributed by atoms with Gasteiger partial charge in [0.1, 0.15) is 16.9 Å². The maximum absolute atomic E-state index is 13.4. The molecule has 1 unspecified atom stereocenters. The lowest BCUT2D eigenvalue weighted by Gasteiger charge is -2.15. The summed E-state index contributed by atoms with van der Waals surface area (Å²) < 4.78 is 18.7. The Morgan fingerprint density at radius 2 is 1.62 bits per heavy atom. The highest BCUT2D eigenvalue weighted by Gasteiger charge is 2.41. The van der Waals surface area contributed by atoms with Gasteiger partial charge in [0.05, 0.1) is 27.8 Å². The Morgan fingerprint density at radius 3 is 2.40 bits per heavy atom. The van der Waals surface area contributed by atoms with E-state index in [4.69, 9.17) is 4.74 Å². The van der Waals surface area contributed by atoms with Gasteiger partial charge in [0.15, 0.2) is 12.4 Å². The minimum Gasteiger partial charge on any atom is -0.454 e. The minimum atomic E-state index is -0.829. The van der Waals surface area contributed by atoms with E-state index in [1.807, 2.05) is 24.3 Å². The van der Waals surface area contributed by atoms with Crippen molar-refractivity contribution in [1.29, 1.82) is 5.26 Å². The molecule has 8 nitrogen and oxygen atoms in total. The topological polar surface area (TPSA) is 117 Å². The second-order valence-electron chi connectivity index (χ2n) is 11.3. The lowest BCUT2D eigenvalue weighted by Crippen LogP contribution is -2.31. The second kappa shape index (κ2) is 12.7. The molecule has 2 heterocycles. The first-order chi connectivity index (χ1) is 23.3. The highest BCUT2D eigenvalue weighted by molar-refractivity contribution is 8.00. The average Bonchev–Trinajstić information content (AvgIpc) is 3.62. The third-order valence-electron chi connectivity index (χ3n) is 8.29. The lowest BCUT2D eigenvalue weighted by molar-refractivity contribution is -0.121. The van der Waals surface area contributed by atoms with Gasteiger partial charge in [-0.2, -0.15) is 5.26 Å². The number of thioether (sulfide) groups is 1. The predicted molar refractivity (Wildman–Crippen MR) is 177 cm³/mol. The zero-order chi connectivity index (χ0) is 33.4. The average molecular weight is 654 g/mol. The fourth-order valence-corrected chi connectivity index (χ4v) is 6.96. The summed E-state index contributed by atoms with van der Waals surface area (Å²) in [5.41, 5.74) is 6.77. The summed E-state index contributed by atoms with van der Waals surface area (Å²) in [7, 11) is 0. The number of halogens is 1. The van der Waals surface area contributed by atoms with Crippen LogP contribution in [0.1, 0.15) is 43.8 Å². The van der Waals surface area contributed by atoms with E-state index in [1.165, 1.54) is 42.0 Å². The van der Waals surface area contributed by atoms with Crippen LogP contribution in [0.4, 0.5) is 10.1 Å². The molecule has 1 aromatic heterocycles. The second-order valence-corrected chi connectivity index (χ2v) is 12.5. The number of imide groups is 1. The van der Waals surface area contributed by atoms with Gasteiger partial charge < -0.3 is 4.74 Å². The number of rotatable bonds is 8. The number of fused-ring (bicyclic) bond motifs is 3. The maximum atomic E-state index is 13.4. The van der Waals surface area contributed by atoms with Crippen LogP contribution in [0.5, 0.6) is 0 Å². The van der Waals surface area contributed by atoms with Gasteiger partial charge in [0, 0.05) is 17.5 Å². The molecule has 48 heavy (non-hydrogen) atoms. The number of amides is 2. The number of anilines is 1. The van der Waals surface area contributed by atoms with Gasteiger partial charge >= 0.3 is 5.97 Å². The smallest absolute Gasteiger partial charge is 0.338 e. The van der Waals surface area contributed by atoms with Crippen LogP contribution in [0.15, 0.2) is 108 Å². The number of benzene rings is 4. The SMILES string of the molecule is N#Cc1ccc(-c2ccc(F)cc2)nc1SC1CC(=O)N(c2ccc(C(=O)OCC(=O)c3ccc4c(c3)Cc3ccccc3-4)cc2)C1=O. The monoisotopic (exact) mass is 653 g/mol. The van der Waals surface area contributed by atoms with E-state index in [1.54, 1.807) is 30.3 Å². The molecule has 1 fully saturated rings. The van der Waals surface area contributed by atoms with Crippen molar-refractivity contribution in [2.45, 2.75) is 23.1 Å². The number of carbonyl (C=O) groups is 4. The van der Waals surface area contributed by atoms with Crippen LogP contribution in [0.2, 0.25) is 0 Å². The van der Waals surface area contributed by atoms with Gasteiger partial charge in [0.25, 0.3) is 0 Å². The molecule has 1 aliphatic carbocycles. The predicted octanol–water partition coefficient (Wildman–Crippen LogP) is 6.79. The van der Waals surface area contributed by atoms with Gasteiger partial charge in [0.2, 0.25) is 11.8 Å². The molecule has 234 valence electrons. The number of esters is 1. The number of nitriles is 1. The first-order valence-corrected chi connectivity index (χ1v) is 15.9. The van der Waals surface area contributed by atoms with Gasteiger partial charge in [-0.1, -0.05) is 48.2 Å². The molecule has 0 saturated carbocycles. The Bertz CT molecular complexity index is 2180. The molecule has 0 radical (unpaired) electrons. The van der Waals surface area contributed by atoms with Crippen LogP contribution in [0, 0.1) is 17.1 Å². The molecular weight excluding hydrogens is 629 g/mol. The van der Waals surface area contributed by atoms with Crippen LogP contribution < -0.4 is 4.90 Å². The first-order valence-electron chi connectivity index (χ1n) is 15.0. The van der Waals surface area contributed by atoms with E-state index in [-0.39, 0.29) is 34.0 Å². The number of carbonyl (C=O) groups excluding carboxylic acids is 4. The van der Waals surface area contributed by atoms with Crippen LogP contribution in [0.3, 0.4) is 0 Å². The third-order valence-corrected chi connectivity index (χ3v) is 9.48. The number of aromatic nitrogens is 1. The molecule has 2 amide bonds. The number of hydrogen-bond donors (Lipinski definition) is 0. The molecule has 10 heteroatoms. The molecule has 7 rings (SSSR count). The molecule has 0 spiro atoms. The van der Waals surface area contributed by atoms with Gasteiger partial charge in [-0.25, -0.2) is 19.1 Å². The number of ether oxygens (including phenoxy) is 1. The molecule has 5 aromatic rings. The maximum Gasteiger partial charge on any atom is 0.338 e. The molecular formula is C38H24FN3O5S.